The van der Waals surface area contributed by atoms with Gasteiger partial charge in [-0.05, 0) is 0 Å². The van der Waals surface area contributed by atoms with E-state index < -0.39 is 0 Å². The summed E-state index contributed by atoms with van der Waals surface area (Å²) in [7, 11) is 0. The monoisotopic (exact) mass is 77.0 g/mol. The fraction of sp³-hybridized carbons (Fsp3) is 0. The molecule has 4 heteroatoms. The molecule has 7 N–H and O–H groups in total. The van der Waals surface area contributed by atoms with E-state index in [1.165, 1.54) is 0 Å². The van der Waals surface area contributed by atoms with Crippen LogP contribution in [-0.4, -0.2) is 40.5 Å². The number of hydrogen-bond donors (Lipinski definition) is 1. The van der Waals surface area contributed by atoms with Crippen molar-refractivity contribution >= 4 is 29.6 Å². The molecule has 0 rings (SSSR count). The molecule has 0 radical (unpaired) electrons. The maximum absolute atomic E-state index is 0. The summed E-state index contributed by atoms with van der Waals surface area (Å²) in [6.45, 7) is 0. The van der Waals surface area contributed by atoms with Crippen molar-refractivity contribution in [1.29, 1.82) is 0 Å². The molecule has 0 aromatic heterocycles. The molecule has 0 atom stereocenters. The van der Waals surface area contributed by atoms with Gasteiger partial charge in [-0.15, -0.1) is 0 Å². The summed E-state index contributed by atoms with van der Waals surface area (Å²) in [4.78, 5) is 0. The van der Waals surface area contributed by atoms with E-state index in [9.17, 15) is 0 Å². The van der Waals surface area contributed by atoms with Gasteiger partial charge in [0, 0.05) is 0 Å². The second-order valence-corrected chi connectivity index (χ2v) is 0. The summed E-state index contributed by atoms with van der Waals surface area (Å²) < 4.78 is 0. The van der Waals surface area contributed by atoms with Crippen LogP contribution in [0.25, 0.3) is 0 Å². The van der Waals surface area contributed by atoms with Crippen LogP contribution in [0, 0.1) is 0 Å². The van der Waals surface area contributed by atoms with Crippen LogP contribution in [0.15, 0.2) is 0 Å². The molecule has 26 valence electrons. The molecule has 0 heterocycles. The van der Waals surface area contributed by atoms with Crippen LogP contribution < -0.4 is 6.15 Å². The Balaban J connectivity index is 0. The van der Waals surface area contributed by atoms with Crippen LogP contribution in [0.4, 0.5) is 0 Å². The third kappa shape index (κ3) is 13.1. The van der Waals surface area contributed by atoms with Crippen LogP contribution in [0.2, 0.25) is 0 Å². The van der Waals surface area contributed by atoms with Crippen molar-refractivity contribution in [3.05, 3.63) is 0 Å². The summed E-state index contributed by atoms with van der Waals surface area (Å²) in [5.74, 6) is 0. The first-order valence-corrected chi connectivity index (χ1v) is 0. The van der Waals surface area contributed by atoms with E-state index in [-0.39, 0.29) is 46.7 Å². The third-order valence-corrected chi connectivity index (χ3v) is 0. The predicted molar refractivity (Wildman–Crippen MR) is 19.4 cm³/mol. The van der Waals surface area contributed by atoms with Crippen LogP contribution in [0.3, 0.4) is 0 Å². The Morgan fingerprint density at radius 2 is 0.750 bits per heavy atom. The SMILES string of the molecule is N.O.O.[NaH]. The van der Waals surface area contributed by atoms with Gasteiger partial charge < -0.3 is 17.1 Å². The van der Waals surface area contributed by atoms with E-state index in [0.29, 0.717) is 0 Å². The summed E-state index contributed by atoms with van der Waals surface area (Å²) in [5.41, 5.74) is 0. The molecule has 0 saturated heterocycles. The molecule has 0 spiro atoms. The van der Waals surface area contributed by atoms with E-state index in [0.717, 1.165) is 0 Å². The van der Waals surface area contributed by atoms with Gasteiger partial charge >= 0.3 is 29.6 Å². The molecule has 0 aromatic rings. The topological polar surface area (TPSA) is 98.0 Å². The molecule has 0 amide bonds. The zero-order valence-electron chi connectivity index (χ0n) is 1.71. The fourth-order valence-corrected chi connectivity index (χ4v) is 0. The molecule has 0 aromatic carbocycles. The van der Waals surface area contributed by atoms with E-state index in [1.54, 1.807) is 0 Å². The van der Waals surface area contributed by atoms with Crippen LogP contribution in [-0.2, 0) is 0 Å². The van der Waals surface area contributed by atoms with Crippen LogP contribution >= 0.6 is 0 Å². The van der Waals surface area contributed by atoms with Crippen molar-refractivity contribution in [2.45, 2.75) is 0 Å². The minimum absolute atomic E-state index is 0. The normalized spacial score (nSPS) is 0. The van der Waals surface area contributed by atoms with Gasteiger partial charge in [0.05, 0.1) is 0 Å². The Morgan fingerprint density at radius 3 is 0.750 bits per heavy atom. The first-order chi connectivity index (χ1) is 0. The first-order valence-electron chi connectivity index (χ1n) is 0. The van der Waals surface area contributed by atoms with E-state index in [2.05, 4.69) is 0 Å². The molecule has 0 aliphatic heterocycles. The fourth-order valence-electron chi connectivity index (χ4n) is 0. The van der Waals surface area contributed by atoms with Gasteiger partial charge in [0.15, 0.2) is 0 Å². The third-order valence-electron chi connectivity index (χ3n) is 0. The Morgan fingerprint density at radius 1 is 0.750 bits per heavy atom. The zero-order valence-corrected chi connectivity index (χ0v) is 1.71. The van der Waals surface area contributed by atoms with Gasteiger partial charge in [-0.1, -0.05) is 0 Å². The molecule has 0 aliphatic rings. The first kappa shape index (κ1) is 94.9. The molecule has 3 nitrogen and oxygen atoms in total. The van der Waals surface area contributed by atoms with Crippen molar-refractivity contribution in [3.63, 3.8) is 0 Å². The molecular formula is H8NNaO2. The molecule has 0 saturated carbocycles. The molecule has 0 fully saturated rings. The maximum atomic E-state index is 0. The average molecular weight is 77.1 g/mol. The quantitative estimate of drug-likeness (QED) is 0.328. The van der Waals surface area contributed by atoms with Crippen molar-refractivity contribution in [3.8, 4) is 0 Å². The molecule has 0 bridgehead atoms. The minimum atomic E-state index is 0. The van der Waals surface area contributed by atoms with Gasteiger partial charge in [-0.25, -0.2) is 0 Å². The van der Waals surface area contributed by atoms with Crippen molar-refractivity contribution < 1.29 is 11.0 Å². The van der Waals surface area contributed by atoms with Gasteiger partial charge in [0.25, 0.3) is 0 Å². The Hall–Kier alpha value is 0.880. The number of rotatable bonds is 0. The Bertz CT molecular complexity index is 6.00. The van der Waals surface area contributed by atoms with Gasteiger partial charge in [-0.2, -0.15) is 0 Å². The summed E-state index contributed by atoms with van der Waals surface area (Å²) in [6, 6.07) is 0. The Kier molecular flexibility index (Phi) is 986. The summed E-state index contributed by atoms with van der Waals surface area (Å²) in [6.07, 6.45) is 0. The van der Waals surface area contributed by atoms with E-state index >= 15 is 0 Å². The molecule has 4 heavy (non-hydrogen) atoms. The predicted octanol–water partition coefficient (Wildman–Crippen LogP) is -2.14. The van der Waals surface area contributed by atoms with Crippen molar-refractivity contribution in [1.82, 2.24) is 6.15 Å². The van der Waals surface area contributed by atoms with Gasteiger partial charge in [0.1, 0.15) is 0 Å². The van der Waals surface area contributed by atoms with Crippen molar-refractivity contribution in [2.24, 2.45) is 0 Å². The van der Waals surface area contributed by atoms with Crippen LogP contribution in [0.1, 0.15) is 0 Å². The van der Waals surface area contributed by atoms with E-state index in [1.807, 2.05) is 0 Å². The standard InChI is InChI=1S/H3N.Na.2H2O.H/h1H3;;2*1H2;. The van der Waals surface area contributed by atoms with Crippen LogP contribution in [0.5, 0.6) is 0 Å². The second-order valence-electron chi connectivity index (χ2n) is 0. The molecule has 0 aliphatic carbocycles. The average Bonchev–Trinajstić information content (AvgIpc) is 0. The zero-order chi connectivity index (χ0) is 0. The number of hydrogen-bond acceptors (Lipinski definition) is 1. The van der Waals surface area contributed by atoms with E-state index in [4.69, 9.17) is 0 Å². The second kappa shape index (κ2) is 41.6. The summed E-state index contributed by atoms with van der Waals surface area (Å²) in [5, 5.41) is 0. The van der Waals surface area contributed by atoms with Gasteiger partial charge in [0.2, 0.25) is 0 Å². The summed E-state index contributed by atoms with van der Waals surface area (Å²) >= 11 is 0. The van der Waals surface area contributed by atoms with Gasteiger partial charge in [-0.3, -0.25) is 0 Å². The Labute approximate surface area is 46.9 Å². The molecule has 0 unspecified atom stereocenters. The van der Waals surface area contributed by atoms with Crippen molar-refractivity contribution in [2.75, 3.05) is 0 Å². The molecular weight excluding hydrogens is 69.0 g/mol.